The molecule has 4 heteroatoms. The van der Waals surface area contributed by atoms with Crippen LogP contribution in [-0.4, -0.2) is 32.1 Å². The van der Waals surface area contributed by atoms with Gasteiger partial charge in [0.15, 0.2) is 11.6 Å². The molecule has 0 aromatic heterocycles. The Balaban J connectivity index is 2.47. The second kappa shape index (κ2) is 6.67. The average Bonchev–Trinajstić information content (AvgIpc) is 2.27. The van der Waals surface area contributed by atoms with E-state index in [-0.39, 0.29) is 6.04 Å². The van der Waals surface area contributed by atoms with E-state index in [0.29, 0.717) is 5.56 Å². The van der Waals surface area contributed by atoms with Gasteiger partial charge in [0.2, 0.25) is 0 Å². The highest BCUT2D eigenvalue weighted by Crippen LogP contribution is 2.18. The summed E-state index contributed by atoms with van der Waals surface area (Å²) in [5.41, 5.74) is 0.384. The molecule has 1 unspecified atom stereocenters. The van der Waals surface area contributed by atoms with E-state index in [1.807, 2.05) is 21.0 Å². The first-order chi connectivity index (χ1) is 8.02. The molecule has 17 heavy (non-hydrogen) atoms. The standard InChI is InChI=1S/C13H20F2N2/c1-10(16-8-5-9-17(2)3)11-6-4-7-12(14)13(11)15/h4,6-7,10,16H,5,8-9H2,1-3H3. The van der Waals surface area contributed by atoms with Gasteiger partial charge in [-0.25, -0.2) is 8.78 Å². The Hall–Kier alpha value is -1.00. The average molecular weight is 242 g/mol. The molecular weight excluding hydrogens is 222 g/mol. The number of benzene rings is 1. The van der Waals surface area contributed by atoms with Gasteiger partial charge in [-0.3, -0.25) is 0 Å². The maximum absolute atomic E-state index is 13.5. The molecule has 0 radical (unpaired) electrons. The lowest BCUT2D eigenvalue weighted by Gasteiger charge is -2.16. The zero-order valence-corrected chi connectivity index (χ0v) is 10.6. The molecule has 1 N–H and O–H groups in total. The summed E-state index contributed by atoms with van der Waals surface area (Å²) in [4.78, 5) is 2.09. The van der Waals surface area contributed by atoms with Crippen molar-refractivity contribution in [2.24, 2.45) is 0 Å². The van der Waals surface area contributed by atoms with Crippen molar-refractivity contribution in [3.8, 4) is 0 Å². The van der Waals surface area contributed by atoms with Crippen LogP contribution in [0.15, 0.2) is 18.2 Å². The maximum Gasteiger partial charge on any atom is 0.163 e. The summed E-state index contributed by atoms with van der Waals surface area (Å²) in [7, 11) is 4.02. The zero-order valence-electron chi connectivity index (χ0n) is 10.6. The molecule has 0 aliphatic carbocycles. The molecule has 1 rings (SSSR count). The van der Waals surface area contributed by atoms with Crippen LogP contribution >= 0.6 is 0 Å². The van der Waals surface area contributed by atoms with Gasteiger partial charge in [0.25, 0.3) is 0 Å². The summed E-state index contributed by atoms with van der Waals surface area (Å²) < 4.78 is 26.5. The summed E-state index contributed by atoms with van der Waals surface area (Å²) in [6.45, 7) is 3.61. The minimum Gasteiger partial charge on any atom is -0.310 e. The van der Waals surface area contributed by atoms with Gasteiger partial charge < -0.3 is 10.2 Å². The second-order valence-corrected chi connectivity index (χ2v) is 4.48. The largest absolute Gasteiger partial charge is 0.310 e. The van der Waals surface area contributed by atoms with Gasteiger partial charge in [0.1, 0.15) is 0 Å². The highest BCUT2D eigenvalue weighted by molar-refractivity contribution is 5.21. The first kappa shape index (κ1) is 14.1. The van der Waals surface area contributed by atoms with E-state index in [0.717, 1.165) is 25.6 Å². The highest BCUT2D eigenvalue weighted by Gasteiger charge is 2.13. The van der Waals surface area contributed by atoms with Crippen molar-refractivity contribution in [2.75, 3.05) is 27.2 Å². The molecule has 0 saturated heterocycles. The molecular formula is C13H20F2N2. The van der Waals surface area contributed by atoms with Crippen molar-refractivity contribution in [2.45, 2.75) is 19.4 Å². The van der Waals surface area contributed by atoms with Gasteiger partial charge in [0, 0.05) is 11.6 Å². The minimum atomic E-state index is -0.788. The van der Waals surface area contributed by atoms with Crippen molar-refractivity contribution in [3.05, 3.63) is 35.4 Å². The van der Waals surface area contributed by atoms with Gasteiger partial charge in [-0.15, -0.1) is 0 Å². The van der Waals surface area contributed by atoms with Crippen LogP contribution < -0.4 is 5.32 Å². The predicted octanol–water partition coefficient (Wildman–Crippen LogP) is 2.57. The van der Waals surface area contributed by atoms with Gasteiger partial charge >= 0.3 is 0 Å². The van der Waals surface area contributed by atoms with E-state index in [4.69, 9.17) is 0 Å². The molecule has 0 bridgehead atoms. The van der Waals surface area contributed by atoms with Crippen LogP contribution in [0.5, 0.6) is 0 Å². The Kier molecular flexibility index (Phi) is 5.51. The first-order valence-corrected chi connectivity index (χ1v) is 5.84. The molecule has 0 aliphatic rings. The van der Waals surface area contributed by atoms with Crippen LogP contribution in [0.2, 0.25) is 0 Å². The van der Waals surface area contributed by atoms with Crippen molar-refractivity contribution >= 4 is 0 Å². The Morgan fingerprint density at radius 1 is 1.29 bits per heavy atom. The molecule has 2 nitrogen and oxygen atoms in total. The number of nitrogens with one attached hydrogen (secondary N) is 1. The summed E-state index contributed by atoms with van der Waals surface area (Å²) in [5.74, 6) is -1.54. The lowest BCUT2D eigenvalue weighted by Crippen LogP contribution is -2.24. The van der Waals surface area contributed by atoms with Gasteiger partial charge in [-0.1, -0.05) is 12.1 Å². The van der Waals surface area contributed by atoms with E-state index in [1.54, 1.807) is 6.07 Å². The normalized spacial score (nSPS) is 13.1. The fourth-order valence-corrected chi connectivity index (χ4v) is 1.68. The second-order valence-electron chi connectivity index (χ2n) is 4.48. The summed E-state index contributed by atoms with van der Waals surface area (Å²) in [6.07, 6.45) is 0.980. The molecule has 1 atom stereocenters. The summed E-state index contributed by atoms with van der Waals surface area (Å²) in [6, 6.07) is 4.11. The number of halogens is 2. The fraction of sp³-hybridized carbons (Fsp3) is 0.538. The summed E-state index contributed by atoms with van der Waals surface area (Å²) in [5, 5.41) is 3.19. The van der Waals surface area contributed by atoms with Gasteiger partial charge in [-0.2, -0.15) is 0 Å². The van der Waals surface area contributed by atoms with Crippen molar-refractivity contribution < 1.29 is 8.78 Å². The number of hydrogen-bond acceptors (Lipinski definition) is 2. The number of hydrogen-bond donors (Lipinski definition) is 1. The Labute approximate surface area is 102 Å². The Morgan fingerprint density at radius 2 is 2.00 bits per heavy atom. The number of rotatable bonds is 6. The molecule has 1 aromatic carbocycles. The fourth-order valence-electron chi connectivity index (χ4n) is 1.68. The quantitative estimate of drug-likeness (QED) is 0.771. The molecule has 0 saturated carbocycles. The van der Waals surface area contributed by atoms with Crippen molar-refractivity contribution in [1.29, 1.82) is 0 Å². The van der Waals surface area contributed by atoms with E-state index >= 15 is 0 Å². The molecule has 1 aromatic rings. The van der Waals surface area contributed by atoms with Crippen LogP contribution in [0, 0.1) is 11.6 Å². The van der Waals surface area contributed by atoms with E-state index in [1.165, 1.54) is 6.07 Å². The lowest BCUT2D eigenvalue weighted by atomic mass is 10.1. The molecule has 0 aliphatic heterocycles. The zero-order chi connectivity index (χ0) is 12.8. The van der Waals surface area contributed by atoms with Crippen molar-refractivity contribution in [1.82, 2.24) is 10.2 Å². The van der Waals surface area contributed by atoms with Gasteiger partial charge in [0.05, 0.1) is 0 Å². The topological polar surface area (TPSA) is 15.3 Å². The molecule has 0 fully saturated rings. The predicted molar refractivity (Wildman–Crippen MR) is 65.9 cm³/mol. The van der Waals surface area contributed by atoms with Crippen LogP contribution in [0.25, 0.3) is 0 Å². The lowest BCUT2D eigenvalue weighted by molar-refractivity contribution is 0.387. The molecule has 0 spiro atoms. The number of nitrogens with zero attached hydrogens (tertiary/aromatic N) is 1. The molecule has 0 heterocycles. The smallest absolute Gasteiger partial charge is 0.163 e. The highest BCUT2D eigenvalue weighted by atomic mass is 19.2. The van der Waals surface area contributed by atoms with Crippen molar-refractivity contribution in [3.63, 3.8) is 0 Å². The monoisotopic (exact) mass is 242 g/mol. The molecule has 0 amide bonds. The van der Waals surface area contributed by atoms with Crippen LogP contribution in [0.1, 0.15) is 24.9 Å². The summed E-state index contributed by atoms with van der Waals surface area (Å²) >= 11 is 0. The minimum absolute atomic E-state index is 0.173. The van der Waals surface area contributed by atoms with Crippen LogP contribution in [0.3, 0.4) is 0 Å². The van der Waals surface area contributed by atoms with E-state index in [2.05, 4.69) is 10.2 Å². The Bertz CT molecular complexity index is 353. The third-order valence-electron chi connectivity index (χ3n) is 2.68. The van der Waals surface area contributed by atoms with E-state index < -0.39 is 11.6 Å². The van der Waals surface area contributed by atoms with Crippen LogP contribution in [-0.2, 0) is 0 Å². The third-order valence-corrected chi connectivity index (χ3v) is 2.68. The van der Waals surface area contributed by atoms with Gasteiger partial charge in [-0.05, 0) is 46.6 Å². The molecule has 96 valence electrons. The first-order valence-electron chi connectivity index (χ1n) is 5.84. The van der Waals surface area contributed by atoms with Crippen LogP contribution in [0.4, 0.5) is 8.78 Å². The Morgan fingerprint density at radius 3 is 2.65 bits per heavy atom. The SMILES string of the molecule is CC(NCCCN(C)C)c1cccc(F)c1F. The van der Waals surface area contributed by atoms with E-state index in [9.17, 15) is 8.78 Å². The maximum atomic E-state index is 13.5. The third kappa shape index (κ3) is 4.40.